The molecule has 0 amide bonds. The zero-order valence-corrected chi connectivity index (χ0v) is 19.2. The third-order valence-electron chi connectivity index (χ3n) is 5.80. The highest BCUT2D eigenvalue weighted by atomic mass is 35.5. The molecule has 10 heteroatoms. The average Bonchev–Trinajstić information content (AvgIpc) is 3.33. The van der Waals surface area contributed by atoms with Crippen LogP contribution in [0.2, 0.25) is 5.02 Å². The molecular weight excluding hydrogens is 432 g/mol. The van der Waals surface area contributed by atoms with Gasteiger partial charge >= 0.3 is 0 Å². The number of aromatic nitrogens is 5. The van der Waals surface area contributed by atoms with Crippen molar-refractivity contribution >= 4 is 17.3 Å². The van der Waals surface area contributed by atoms with Crippen LogP contribution in [0.4, 0.5) is 5.69 Å². The van der Waals surface area contributed by atoms with E-state index in [-0.39, 0.29) is 23.3 Å². The molecule has 3 aromatic rings. The predicted molar refractivity (Wildman–Crippen MR) is 122 cm³/mol. The number of anilines is 1. The summed E-state index contributed by atoms with van der Waals surface area (Å²) in [7, 11) is 1.93. The lowest BCUT2D eigenvalue weighted by molar-refractivity contribution is 0.216. The summed E-state index contributed by atoms with van der Waals surface area (Å²) in [6, 6.07) is 3.90. The number of rotatable bonds is 7. The first kappa shape index (κ1) is 22.3. The molecule has 1 N–H and O–H groups in total. The lowest BCUT2D eigenvalue weighted by Gasteiger charge is -2.20. The van der Waals surface area contributed by atoms with Gasteiger partial charge in [-0.25, -0.2) is 9.67 Å². The van der Waals surface area contributed by atoms with Gasteiger partial charge in [0.25, 0.3) is 5.56 Å². The molecule has 9 nitrogen and oxygen atoms in total. The van der Waals surface area contributed by atoms with Gasteiger partial charge < -0.3 is 14.7 Å². The normalized spacial score (nSPS) is 16.0. The van der Waals surface area contributed by atoms with Crippen molar-refractivity contribution in [1.29, 1.82) is 0 Å². The summed E-state index contributed by atoms with van der Waals surface area (Å²) in [5, 5.41) is 17.8. The van der Waals surface area contributed by atoms with Crippen LogP contribution in [0.25, 0.3) is 11.1 Å². The highest BCUT2D eigenvalue weighted by Gasteiger charge is 2.27. The minimum Gasteiger partial charge on any atom is -0.472 e. The average molecular weight is 459 g/mol. The standard InChI is InChI=1S/C22H27ClN6O3/c1-14-20(15(2)27(3)26-14)16-5-7-24-19(11-16)32-17-6-9-28(13-17)18-12-25-29(8-4-10-30)22(31)21(18)23/h5,7,11-12,17,30H,4,6,8-10,13H2,1-3H3/t17-/m1/s1. The molecule has 32 heavy (non-hydrogen) atoms. The monoisotopic (exact) mass is 458 g/mol. The van der Waals surface area contributed by atoms with E-state index in [0.717, 1.165) is 28.9 Å². The molecule has 0 aromatic carbocycles. The molecule has 0 radical (unpaired) electrons. The Morgan fingerprint density at radius 2 is 2.16 bits per heavy atom. The Balaban J connectivity index is 1.47. The van der Waals surface area contributed by atoms with E-state index in [9.17, 15) is 4.79 Å². The van der Waals surface area contributed by atoms with Crippen LogP contribution in [-0.2, 0) is 13.6 Å². The number of hydrogen-bond donors (Lipinski definition) is 1. The third-order valence-corrected chi connectivity index (χ3v) is 6.16. The van der Waals surface area contributed by atoms with Gasteiger partial charge in [0.05, 0.1) is 24.1 Å². The number of nitrogens with zero attached hydrogens (tertiary/aromatic N) is 6. The van der Waals surface area contributed by atoms with Crippen molar-refractivity contribution in [3.63, 3.8) is 0 Å². The van der Waals surface area contributed by atoms with Crippen LogP contribution in [0.3, 0.4) is 0 Å². The second-order valence-electron chi connectivity index (χ2n) is 7.98. The number of aliphatic hydroxyl groups excluding tert-OH is 1. The molecule has 0 unspecified atom stereocenters. The maximum atomic E-state index is 12.5. The Bertz CT molecular complexity index is 1170. The zero-order chi connectivity index (χ0) is 22.8. The zero-order valence-electron chi connectivity index (χ0n) is 18.5. The molecule has 1 saturated heterocycles. The molecule has 4 rings (SSSR count). The van der Waals surface area contributed by atoms with Gasteiger partial charge in [0, 0.05) is 56.7 Å². The van der Waals surface area contributed by atoms with Crippen LogP contribution in [0.15, 0.2) is 29.3 Å². The lowest BCUT2D eigenvalue weighted by atomic mass is 10.1. The molecule has 1 fully saturated rings. The van der Waals surface area contributed by atoms with Crippen molar-refractivity contribution in [2.75, 3.05) is 24.6 Å². The van der Waals surface area contributed by atoms with Gasteiger partial charge in [-0.1, -0.05) is 11.6 Å². The quantitative estimate of drug-likeness (QED) is 0.580. The van der Waals surface area contributed by atoms with Crippen molar-refractivity contribution < 1.29 is 9.84 Å². The Hall–Kier alpha value is -2.91. The van der Waals surface area contributed by atoms with Crippen molar-refractivity contribution in [3.8, 4) is 17.0 Å². The van der Waals surface area contributed by atoms with Crippen molar-refractivity contribution in [1.82, 2.24) is 24.5 Å². The van der Waals surface area contributed by atoms with Gasteiger partial charge in [0.15, 0.2) is 0 Å². The third kappa shape index (κ3) is 4.35. The molecule has 4 heterocycles. The SMILES string of the molecule is Cc1nn(C)c(C)c1-c1ccnc(O[C@@H]2CCN(c3cnn(CCCO)c(=O)c3Cl)C2)c1. The molecule has 0 spiro atoms. The van der Waals surface area contributed by atoms with Gasteiger partial charge in [-0.3, -0.25) is 9.48 Å². The van der Waals surface area contributed by atoms with E-state index in [1.54, 1.807) is 12.4 Å². The Morgan fingerprint density at radius 1 is 1.34 bits per heavy atom. The molecule has 170 valence electrons. The van der Waals surface area contributed by atoms with Crippen LogP contribution in [0.5, 0.6) is 5.88 Å². The molecule has 0 bridgehead atoms. The second-order valence-corrected chi connectivity index (χ2v) is 8.35. The number of halogens is 1. The molecular formula is C22H27ClN6O3. The van der Waals surface area contributed by atoms with Crippen molar-refractivity contribution in [2.45, 2.75) is 39.3 Å². The number of aliphatic hydroxyl groups is 1. The number of pyridine rings is 1. The minimum atomic E-state index is -0.349. The summed E-state index contributed by atoms with van der Waals surface area (Å²) in [6.45, 7) is 5.64. The summed E-state index contributed by atoms with van der Waals surface area (Å²) in [4.78, 5) is 18.9. The fraction of sp³-hybridized carbons (Fsp3) is 0.455. The van der Waals surface area contributed by atoms with Gasteiger partial charge in [0.1, 0.15) is 11.1 Å². The summed E-state index contributed by atoms with van der Waals surface area (Å²) < 4.78 is 9.32. The van der Waals surface area contributed by atoms with Crippen LogP contribution < -0.4 is 15.2 Å². The summed E-state index contributed by atoms with van der Waals surface area (Å²) in [6.07, 6.45) is 4.50. The van der Waals surface area contributed by atoms with Gasteiger partial charge in [-0.15, -0.1) is 0 Å². The first-order valence-corrected chi connectivity index (χ1v) is 11.0. The smallest absolute Gasteiger partial charge is 0.287 e. The number of ether oxygens (including phenoxy) is 1. The van der Waals surface area contributed by atoms with E-state index in [1.807, 2.05) is 42.6 Å². The van der Waals surface area contributed by atoms with E-state index in [4.69, 9.17) is 21.4 Å². The fourth-order valence-electron chi connectivity index (χ4n) is 4.09. The second kappa shape index (κ2) is 9.30. The Morgan fingerprint density at radius 3 is 2.88 bits per heavy atom. The Kier molecular flexibility index (Phi) is 6.48. The van der Waals surface area contributed by atoms with Crippen LogP contribution in [-0.4, -0.2) is 55.5 Å². The van der Waals surface area contributed by atoms with Crippen molar-refractivity contribution in [2.24, 2.45) is 7.05 Å². The first-order valence-electron chi connectivity index (χ1n) is 10.6. The van der Waals surface area contributed by atoms with E-state index >= 15 is 0 Å². The van der Waals surface area contributed by atoms with Gasteiger partial charge in [0.2, 0.25) is 5.88 Å². The fourth-order valence-corrected chi connectivity index (χ4v) is 4.36. The first-order chi connectivity index (χ1) is 15.4. The summed E-state index contributed by atoms with van der Waals surface area (Å²) in [5.41, 5.74) is 4.41. The highest BCUT2D eigenvalue weighted by Crippen LogP contribution is 2.30. The van der Waals surface area contributed by atoms with Gasteiger partial charge in [-0.2, -0.15) is 10.2 Å². The topological polar surface area (TPSA) is 98.3 Å². The molecule has 3 aromatic heterocycles. The lowest BCUT2D eigenvalue weighted by Crippen LogP contribution is -2.30. The van der Waals surface area contributed by atoms with E-state index < -0.39 is 0 Å². The van der Waals surface area contributed by atoms with E-state index in [1.165, 1.54) is 4.68 Å². The maximum absolute atomic E-state index is 12.5. The largest absolute Gasteiger partial charge is 0.472 e. The minimum absolute atomic E-state index is 0.00616. The highest BCUT2D eigenvalue weighted by molar-refractivity contribution is 6.33. The summed E-state index contributed by atoms with van der Waals surface area (Å²) in [5.74, 6) is 0.556. The van der Waals surface area contributed by atoms with E-state index in [0.29, 0.717) is 37.6 Å². The molecule has 1 aliphatic rings. The molecule has 0 saturated carbocycles. The Labute approximate surface area is 191 Å². The summed E-state index contributed by atoms with van der Waals surface area (Å²) >= 11 is 6.35. The molecule has 0 aliphatic carbocycles. The number of aryl methyl sites for hydroxylation is 3. The van der Waals surface area contributed by atoms with Gasteiger partial charge in [-0.05, 0) is 31.9 Å². The van der Waals surface area contributed by atoms with Crippen molar-refractivity contribution in [3.05, 3.63) is 51.3 Å². The number of hydrogen-bond acceptors (Lipinski definition) is 7. The molecule has 1 aliphatic heterocycles. The molecule has 1 atom stereocenters. The maximum Gasteiger partial charge on any atom is 0.287 e. The van der Waals surface area contributed by atoms with Crippen LogP contribution in [0, 0.1) is 13.8 Å². The van der Waals surface area contributed by atoms with Crippen LogP contribution in [0.1, 0.15) is 24.2 Å². The van der Waals surface area contributed by atoms with Crippen LogP contribution >= 0.6 is 11.6 Å². The van der Waals surface area contributed by atoms with E-state index in [2.05, 4.69) is 15.2 Å². The predicted octanol–water partition coefficient (Wildman–Crippen LogP) is 2.35.